The summed E-state index contributed by atoms with van der Waals surface area (Å²) in [6.45, 7) is 6.48. The maximum atomic E-state index is 3.43. The summed E-state index contributed by atoms with van der Waals surface area (Å²) < 4.78 is 0. The Hall–Kier alpha value is -1.60. The molecule has 0 saturated carbocycles. The summed E-state index contributed by atoms with van der Waals surface area (Å²) in [5, 5.41) is 3.43. The van der Waals surface area contributed by atoms with E-state index in [9.17, 15) is 0 Å². The van der Waals surface area contributed by atoms with E-state index < -0.39 is 0 Å². The van der Waals surface area contributed by atoms with Gasteiger partial charge in [0, 0.05) is 0 Å². The Labute approximate surface area is 110 Å². The van der Waals surface area contributed by atoms with Crippen molar-refractivity contribution >= 4 is 0 Å². The molecular formula is C17H21N. The number of benzene rings is 2. The van der Waals surface area contributed by atoms with E-state index in [2.05, 4.69) is 68.6 Å². The van der Waals surface area contributed by atoms with Gasteiger partial charge in [0.1, 0.15) is 0 Å². The minimum Gasteiger partial charge on any atom is -0.309 e. The molecule has 1 unspecified atom stereocenters. The molecule has 0 spiro atoms. The molecule has 18 heavy (non-hydrogen) atoms. The van der Waals surface area contributed by atoms with Gasteiger partial charge in [-0.15, -0.1) is 0 Å². The maximum absolute atomic E-state index is 3.43. The van der Waals surface area contributed by atoms with Crippen LogP contribution in [0.4, 0.5) is 0 Å². The van der Waals surface area contributed by atoms with Crippen LogP contribution < -0.4 is 5.32 Å². The summed E-state index contributed by atoms with van der Waals surface area (Å²) in [6, 6.07) is 15.6. The molecule has 0 amide bonds. The molecule has 2 aromatic rings. The molecule has 94 valence electrons. The van der Waals surface area contributed by atoms with E-state index in [0.717, 1.165) is 0 Å². The molecule has 0 aromatic heterocycles. The summed E-state index contributed by atoms with van der Waals surface area (Å²) in [5.74, 6) is 0. The predicted octanol–water partition coefficient (Wildman–Crippen LogP) is 3.92. The highest BCUT2D eigenvalue weighted by atomic mass is 14.9. The lowest BCUT2D eigenvalue weighted by atomic mass is 9.93. The third-order valence-corrected chi connectivity index (χ3v) is 3.37. The standard InChI is InChI=1S/C17H21N/c1-12-9-13(2)11-15(10-12)17(18-4)16-8-6-5-7-14(16)3/h5-11,17-18H,1-4H3. The van der Waals surface area contributed by atoms with Gasteiger partial charge in [0.15, 0.2) is 0 Å². The fourth-order valence-corrected chi connectivity index (χ4v) is 2.59. The lowest BCUT2D eigenvalue weighted by molar-refractivity contribution is 0.686. The Morgan fingerprint density at radius 1 is 0.889 bits per heavy atom. The molecule has 0 bridgehead atoms. The Bertz CT molecular complexity index is 523. The molecule has 0 aliphatic rings. The van der Waals surface area contributed by atoms with Crippen molar-refractivity contribution in [3.63, 3.8) is 0 Å². The highest BCUT2D eigenvalue weighted by Crippen LogP contribution is 2.25. The Balaban J connectivity index is 2.48. The van der Waals surface area contributed by atoms with Gasteiger partial charge in [-0.05, 0) is 44.5 Å². The van der Waals surface area contributed by atoms with Crippen LogP contribution >= 0.6 is 0 Å². The molecule has 0 radical (unpaired) electrons. The van der Waals surface area contributed by atoms with E-state index >= 15 is 0 Å². The minimum atomic E-state index is 0.268. The van der Waals surface area contributed by atoms with Gasteiger partial charge in [-0.25, -0.2) is 0 Å². The van der Waals surface area contributed by atoms with Gasteiger partial charge in [0.25, 0.3) is 0 Å². The second kappa shape index (κ2) is 5.36. The van der Waals surface area contributed by atoms with Crippen molar-refractivity contribution < 1.29 is 0 Å². The molecule has 1 atom stereocenters. The van der Waals surface area contributed by atoms with Gasteiger partial charge >= 0.3 is 0 Å². The fraction of sp³-hybridized carbons (Fsp3) is 0.294. The van der Waals surface area contributed by atoms with Crippen molar-refractivity contribution in [2.75, 3.05) is 7.05 Å². The molecule has 2 rings (SSSR count). The highest BCUT2D eigenvalue weighted by molar-refractivity contribution is 5.39. The zero-order valence-corrected chi connectivity index (χ0v) is 11.6. The van der Waals surface area contributed by atoms with Crippen molar-refractivity contribution in [2.45, 2.75) is 26.8 Å². The zero-order valence-electron chi connectivity index (χ0n) is 11.6. The lowest BCUT2D eigenvalue weighted by Gasteiger charge is -2.20. The van der Waals surface area contributed by atoms with Crippen LogP contribution in [0.15, 0.2) is 42.5 Å². The third kappa shape index (κ3) is 2.62. The second-order valence-corrected chi connectivity index (χ2v) is 5.00. The van der Waals surface area contributed by atoms with E-state index in [-0.39, 0.29) is 6.04 Å². The molecule has 1 N–H and O–H groups in total. The first-order chi connectivity index (χ1) is 8.61. The highest BCUT2D eigenvalue weighted by Gasteiger charge is 2.14. The smallest absolute Gasteiger partial charge is 0.0577 e. The maximum Gasteiger partial charge on any atom is 0.0577 e. The fourth-order valence-electron chi connectivity index (χ4n) is 2.59. The van der Waals surface area contributed by atoms with Crippen molar-refractivity contribution in [1.82, 2.24) is 5.32 Å². The molecule has 0 heterocycles. The van der Waals surface area contributed by atoms with Crippen LogP contribution in [-0.4, -0.2) is 7.05 Å². The lowest BCUT2D eigenvalue weighted by Crippen LogP contribution is -2.18. The minimum absolute atomic E-state index is 0.268. The average molecular weight is 239 g/mol. The van der Waals surface area contributed by atoms with Crippen LogP contribution in [0.25, 0.3) is 0 Å². The molecule has 0 aliphatic carbocycles. The van der Waals surface area contributed by atoms with E-state index in [1.165, 1.54) is 27.8 Å². The number of rotatable bonds is 3. The largest absolute Gasteiger partial charge is 0.309 e. The summed E-state index contributed by atoms with van der Waals surface area (Å²) in [5.41, 5.74) is 6.66. The first-order valence-electron chi connectivity index (χ1n) is 6.43. The molecular weight excluding hydrogens is 218 g/mol. The number of nitrogens with one attached hydrogen (secondary N) is 1. The third-order valence-electron chi connectivity index (χ3n) is 3.37. The van der Waals surface area contributed by atoms with Crippen molar-refractivity contribution in [2.24, 2.45) is 0 Å². The molecule has 0 aliphatic heterocycles. The summed E-state index contributed by atoms with van der Waals surface area (Å²) in [6.07, 6.45) is 0. The van der Waals surface area contributed by atoms with Crippen LogP contribution in [0, 0.1) is 20.8 Å². The summed E-state index contributed by atoms with van der Waals surface area (Å²) in [7, 11) is 2.02. The van der Waals surface area contributed by atoms with Crippen LogP contribution in [0.3, 0.4) is 0 Å². The van der Waals surface area contributed by atoms with Gasteiger partial charge in [-0.3, -0.25) is 0 Å². The molecule has 2 aromatic carbocycles. The number of hydrogen-bond donors (Lipinski definition) is 1. The van der Waals surface area contributed by atoms with Gasteiger partial charge in [-0.2, -0.15) is 0 Å². The van der Waals surface area contributed by atoms with Crippen LogP contribution in [0.5, 0.6) is 0 Å². The number of hydrogen-bond acceptors (Lipinski definition) is 1. The predicted molar refractivity (Wildman–Crippen MR) is 78.0 cm³/mol. The van der Waals surface area contributed by atoms with Crippen LogP contribution in [0.1, 0.15) is 33.9 Å². The second-order valence-electron chi connectivity index (χ2n) is 5.00. The van der Waals surface area contributed by atoms with E-state index in [4.69, 9.17) is 0 Å². The van der Waals surface area contributed by atoms with Crippen molar-refractivity contribution in [1.29, 1.82) is 0 Å². The first-order valence-corrected chi connectivity index (χ1v) is 6.43. The first kappa shape index (κ1) is 12.8. The van der Waals surface area contributed by atoms with E-state index in [0.29, 0.717) is 0 Å². The van der Waals surface area contributed by atoms with Gasteiger partial charge in [0.2, 0.25) is 0 Å². The summed E-state index contributed by atoms with van der Waals surface area (Å²) >= 11 is 0. The average Bonchev–Trinajstić information content (AvgIpc) is 2.31. The quantitative estimate of drug-likeness (QED) is 0.856. The Kier molecular flexibility index (Phi) is 3.83. The van der Waals surface area contributed by atoms with Gasteiger partial charge in [-0.1, -0.05) is 53.6 Å². The van der Waals surface area contributed by atoms with Crippen molar-refractivity contribution in [3.8, 4) is 0 Å². The molecule has 0 saturated heterocycles. The Morgan fingerprint density at radius 3 is 2.06 bits per heavy atom. The Morgan fingerprint density at radius 2 is 1.50 bits per heavy atom. The normalized spacial score (nSPS) is 12.4. The topological polar surface area (TPSA) is 12.0 Å². The van der Waals surface area contributed by atoms with Crippen LogP contribution in [-0.2, 0) is 0 Å². The summed E-state index contributed by atoms with van der Waals surface area (Å²) in [4.78, 5) is 0. The van der Waals surface area contributed by atoms with Crippen LogP contribution in [0.2, 0.25) is 0 Å². The number of aryl methyl sites for hydroxylation is 3. The zero-order chi connectivity index (χ0) is 13.1. The molecule has 1 nitrogen and oxygen atoms in total. The van der Waals surface area contributed by atoms with Crippen molar-refractivity contribution in [3.05, 3.63) is 70.3 Å². The molecule has 0 fully saturated rings. The monoisotopic (exact) mass is 239 g/mol. The van der Waals surface area contributed by atoms with E-state index in [1.807, 2.05) is 7.05 Å². The molecule has 1 heteroatoms. The van der Waals surface area contributed by atoms with Gasteiger partial charge < -0.3 is 5.32 Å². The SMILES string of the molecule is CNC(c1cc(C)cc(C)c1)c1ccccc1C. The van der Waals surface area contributed by atoms with E-state index in [1.54, 1.807) is 0 Å². The van der Waals surface area contributed by atoms with Gasteiger partial charge in [0.05, 0.1) is 6.04 Å².